The molecule has 2 aromatic rings. The first-order valence-electron chi connectivity index (χ1n) is 8.82. The Morgan fingerprint density at radius 3 is 2.72 bits per heavy atom. The van der Waals surface area contributed by atoms with E-state index in [1.54, 1.807) is 0 Å². The largest absolute Gasteiger partial charge is 0.296 e. The first-order chi connectivity index (χ1) is 12.2. The van der Waals surface area contributed by atoms with Crippen LogP contribution in [0.2, 0.25) is 0 Å². The highest BCUT2D eigenvalue weighted by Crippen LogP contribution is 2.28. The van der Waals surface area contributed by atoms with Gasteiger partial charge in [-0.3, -0.25) is 9.69 Å². The number of thiazole rings is 1. The standard InChI is InChI=1S/C20H23N3OS/c1-23(16-10-6-3-7-11-16)13-19(24)17(12-21)20-22-18(14-25-20)15-8-4-2-5-9-15/h2,4-5,8-9,14,16-17H,3,6-7,10-11,13H2,1H3. The molecule has 0 bridgehead atoms. The molecule has 1 aromatic carbocycles. The van der Waals surface area contributed by atoms with Crippen LogP contribution in [0.25, 0.3) is 11.3 Å². The molecule has 4 nitrogen and oxygen atoms in total. The second-order valence-electron chi connectivity index (χ2n) is 6.67. The van der Waals surface area contributed by atoms with Crippen LogP contribution in [0.1, 0.15) is 43.0 Å². The number of nitriles is 1. The summed E-state index contributed by atoms with van der Waals surface area (Å²) >= 11 is 1.40. The van der Waals surface area contributed by atoms with Crippen LogP contribution in [-0.2, 0) is 4.79 Å². The third-order valence-electron chi connectivity index (χ3n) is 4.89. The van der Waals surface area contributed by atoms with Gasteiger partial charge in [0.25, 0.3) is 0 Å². The van der Waals surface area contributed by atoms with Gasteiger partial charge in [0.15, 0.2) is 11.7 Å². The van der Waals surface area contributed by atoms with E-state index in [0.717, 1.165) is 24.1 Å². The molecule has 1 atom stereocenters. The molecule has 1 heterocycles. The zero-order valence-electron chi connectivity index (χ0n) is 14.5. The Morgan fingerprint density at radius 2 is 2.04 bits per heavy atom. The van der Waals surface area contributed by atoms with Gasteiger partial charge in [-0.05, 0) is 19.9 Å². The maximum Gasteiger partial charge on any atom is 0.170 e. The summed E-state index contributed by atoms with van der Waals surface area (Å²) in [5, 5.41) is 12.1. The smallest absolute Gasteiger partial charge is 0.170 e. The molecule has 1 aliphatic rings. The number of likely N-dealkylation sites (N-methyl/N-ethyl adjacent to an activating group) is 1. The van der Waals surface area contributed by atoms with Gasteiger partial charge in [0.2, 0.25) is 0 Å². The van der Waals surface area contributed by atoms with Gasteiger partial charge in [-0.25, -0.2) is 4.98 Å². The lowest BCUT2D eigenvalue weighted by Crippen LogP contribution is -2.38. The van der Waals surface area contributed by atoms with Crippen molar-refractivity contribution in [2.24, 2.45) is 0 Å². The number of carbonyl (C=O) groups is 1. The van der Waals surface area contributed by atoms with Crippen molar-refractivity contribution in [2.45, 2.75) is 44.1 Å². The zero-order chi connectivity index (χ0) is 17.6. The van der Waals surface area contributed by atoms with Crippen molar-refractivity contribution in [3.05, 3.63) is 40.7 Å². The maximum atomic E-state index is 12.7. The van der Waals surface area contributed by atoms with Crippen LogP contribution in [0.3, 0.4) is 0 Å². The predicted molar refractivity (Wildman–Crippen MR) is 100 cm³/mol. The predicted octanol–water partition coefficient (Wildman–Crippen LogP) is 4.25. The summed E-state index contributed by atoms with van der Waals surface area (Å²) in [5.41, 5.74) is 1.84. The van der Waals surface area contributed by atoms with E-state index in [1.807, 2.05) is 42.8 Å². The summed E-state index contributed by atoms with van der Waals surface area (Å²) in [6.07, 6.45) is 6.06. The lowest BCUT2D eigenvalue weighted by molar-refractivity contribution is -0.120. The number of hydrogen-bond donors (Lipinski definition) is 0. The highest BCUT2D eigenvalue weighted by Gasteiger charge is 2.27. The third-order valence-corrected chi connectivity index (χ3v) is 5.80. The molecule has 5 heteroatoms. The molecule has 1 fully saturated rings. The van der Waals surface area contributed by atoms with Crippen LogP contribution in [0.5, 0.6) is 0 Å². The van der Waals surface area contributed by atoms with Gasteiger partial charge in [0, 0.05) is 17.0 Å². The molecule has 3 rings (SSSR count). The van der Waals surface area contributed by atoms with Crippen molar-refractivity contribution < 1.29 is 4.79 Å². The van der Waals surface area contributed by atoms with Crippen molar-refractivity contribution in [1.82, 2.24) is 9.88 Å². The van der Waals surface area contributed by atoms with Crippen LogP contribution in [0.15, 0.2) is 35.7 Å². The van der Waals surface area contributed by atoms with Crippen molar-refractivity contribution in [3.63, 3.8) is 0 Å². The van der Waals surface area contributed by atoms with Gasteiger partial charge in [0.05, 0.1) is 18.3 Å². The molecular weight excluding hydrogens is 330 g/mol. The van der Waals surface area contributed by atoms with Crippen LogP contribution >= 0.6 is 11.3 Å². The number of rotatable bonds is 6. The fourth-order valence-corrected chi connectivity index (χ4v) is 4.31. The van der Waals surface area contributed by atoms with E-state index in [-0.39, 0.29) is 5.78 Å². The molecule has 1 unspecified atom stereocenters. The number of hydrogen-bond acceptors (Lipinski definition) is 5. The monoisotopic (exact) mass is 353 g/mol. The summed E-state index contributed by atoms with van der Waals surface area (Å²) < 4.78 is 0. The highest BCUT2D eigenvalue weighted by atomic mass is 32.1. The van der Waals surface area contributed by atoms with E-state index in [9.17, 15) is 10.1 Å². The molecule has 0 saturated heterocycles. The molecule has 1 aliphatic carbocycles. The zero-order valence-corrected chi connectivity index (χ0v) is 15.3. The maximum absolute atomic E-state index is 12.7. The number of benzene rings is 1. The molecule has 130 valence electrons. The van der Waals surface area contributed by atoms with Crippen LogP contribution in [0.4, 0.5) is 0 Å². The van der Waals surface area contributed by atoms with E-state index in [2.05, 4.69) is 16.0 Å². The van der Waals surface area contributed by atoms with E-state index in [0.29, 0.717) is 17.6 Å². The van der Waals surface area contributed by atoms with E-state index in [4.69, 9.17) is 0 Å². The summed E-state index contributed by atoms with van der Waals surface area (Å²) in [6.45, 7) is 0.323. The number of nitrogens with zero attached hydrogens (tertiary/aromatic N) is 3. The molecule has 1 saturated carbocycles. The average Bonchev–Trinajstić information content (AvgIpc) is 3.13. The lowest BCUT2D eigenvalue weighted by atomic mass is 9.94. The Balaban J connectivity index is 1.68. The number of ketones is 1. The summed E-state index contributed by atoms with van der Waals surface area (Å²) in [7, 11) is 2.00. The van der Waals surface area contributed by atoms with Crippen LogP contribution < -0.4 is 0 Å². The van der Waals surface area contributed by atoms with Gasteiger partial charge in [-0.2, -0.15) is 5.26 Å². The molecule has 0 N–H and O–H groups in total. The molecule has 1 aromatic heterocycles. The summed E-state index contributed by atoms with van der Waals surface area (Å²) in [6, 6.07) is 12.5. The van der Waals surface area contributed by atoms with Crippen molar-refractivity contribution in [3.8, 4) is 17.3 Å². The minimum atomic E-state index is -0.770. The number of aromatic nitrogens is 1. The fourth-order valence-electron chi connectivity index (χ4n) is 3.41. The van der Waals surface area contributed by atoms with Gasteiger partial charge in [-0.15, -0.1) is 11.3 Å². The lowest BCUT2D eigenvalue weighted by Gasteiger charge is -2.30. The highest BCUT2D eigenvalue weighted by molar-refractivity contribution is 7.10. The van der Waals surface area contributed by atoms with Crippen LogP contribution in [0, 0.1) is 11.3 Å². The Labute approximate surface area is 153 Å². The number of carbonyl (C=O) groups excluding carboxylic acids is 1. The Hall–Kier alpha value is -2.03. The summed E-state index contributed by atoms with van der Waals surface area (Å²) in [4.78, 5) is 19.3. The Bertz CT molecular complexity index is 744. The Kier molecular flexibility index (Phi) is 5.95. The van der Waals surface area contributed by atoms with Gasteiger partial charge in [0.1, 0.15) is 5.01 Å². The van der Waals surface area contributed by atoms with Gasteiger partial charge in [-0.1, -0.05) is 49.6 Å². The topological polar surface area (TPSA) is 57.0 Å². The number of Topliss-reactive ketones (excluding diaryl/α,β-unsaturated/α-hetero) is 1. The third kappa shape index (κ3) is 4.33. The van der Waals surface area contributed by atoms with E-state index >= 15 is 0 Å². The second-order valence-corrected chi connectivity index (χ2v) is 7.56. The molecular formula is C20H23N3OS. The van der Waals surface area contributed by atoms with Gasteiger partial charge >= 0.3 is 0 Å². The van der Waals surface area contributed by atoms with Crippen molar-refractivity contribution >= 4 is 17.1 Å². The van der Waals surface area contributed by atoms with Crippen molar-refractivity contribution in [2.75, 3.05) is 13.6 Å². The molecule has 0 radical (unpaired) electrons. The minimum Gasteiger partial charge on any atom is -0.296 e. The second kappa shape index (κ2) is 8.37. The first kappa shape index (κ1) is 17.8. The molecule has 25 heavy (non-hydrogen) atoms. The van der Waals surface area contributed by atoms with E-state index in [1.165, 1.54) is 30.6 Å². The minimum absolute atomic E-state index is 0.0514. The molecule has 0 amide bonds. The average molecular weight is 353 g/mol. The Morgan fingerprint density at radius 1 is 1.32 bits per heavy atom. The van der Waals surface area contributed by atoms with Gasteiger partial charge < -0.3 is 0 Å². The fraction of sp³-hybridized carbons (Fsp3) is 0.450. The summed E-state index contributed by atoms with van der Waals surface area (Å²) in [5.74, 6) is -0.821. The SMILES string of the molecule is CN(CC(=O)C(C#N)c1nc(-c2ccccc2)cs1)C1CCCCC1. The van der Waals surface area contributed by atoms with Crippen molar-refractivity contribution in [1.29, 1.82) is 5.26 Å². The molecule has 0 spiro atoms. The van der Waals surface area contributed by atoms with Crippen LogP contribution in [-0.4, -0.2) is 35.3 Å². The normalized spacial score (nSPS) is 16.5. The molecule has 0 aliphatic heterocycles. The van der Waals surface area contributed by atoms with E-state index < -0.39 is 5.92 Å². The first-order valence-corrected chi connectivity index (χ1v) is 9.70. The quantitative estimate of drug-likeness (QED) is 0.779.